The van der Waals surface area contributed by atoms with E-state index in [9.17, 15) is 13.2 Å². The zero-order chi connectivity index (χ0) is 12.7. The average Bonchev–Trinajstić information content (AvgIpc) is 2.67. The smallest absolute Gasteiger partial charge is 0.374 e. The van der Waals surface area contributed by atoms with Gasteiger partial charge in [0.15, 0.2) is 11.6 Å². The third-order valence-electron chi connectivity index (χ3n) is 2.83. The molecule has 0 spiro atoms. The molecule has 2 heterocycles. The van der Waals surface area contributed by atoms with Crippen molar-refractivity contribution in [3.05, 3.63) is 11.8 Å². The van der Waals surface area contributed by atoms with Gasteiger partial charge in [-0.2, -0.15) is 13.2 Å². The molecule has 96 valence electrons. The Kier molecular flexibility index (Phi) is 2.78. The molecule has 5 N–H and O–H groups in total. The van der Waals surface area contributed by atoms with E-state index >= 15 is 0 Å². The Balaban J connectivity index is 2.38. The molecule has 2 unspecified atom stereocenters. The van der Waals surface area contributed by atoms with Gasteiger partial charge in [0.25, 0.3) is 0 Å². The maximum Gasteiger partial charge on any atom is 0.417 e. The number of hydrogen-bond acceptors (Lipinski definition) is 5. The van der Waals surface area contributed by atoms with Gasteiger partial charge in [0.05, 0.1) is 5.57 Å². The highest BCUT2D eigenvalue weighted by atomic mass is 19.4. The largest absolute Gasteiger partial charge is 0.417 e. The lowest BCUT2D eigenvalue weighted by molar-refractivity contribution is -0.109. The monoisotopic (exact) mass is 250 g/mol. The first-order valence-corrected chi connectivity index (χ1v) is 5.14. The fraction of sp³-hybridized carbons (Fsp3) is 0.667. The summed E-state index contributed by atoms with van der Waals surface area (Å²) in [5.74, 6) is -0.143. The Bertz CT molecular complexity index is 373. The molecule has 1 fully saturated rings. The van der Waals surface area contributed by atoms with Gasteiger partial charge in [-0.15, -0.1) is 0 Å². The van der Waals surface area contributed by atoms with Gasteiger partial charge in [-0.05, 0) is 12.8 Å². The maximum absolute atomic E-state index is 12.9. The van der Waals surface area contributed by atoms with Crippen LogP contribution in [0.25, 0.3) is 0 Å². The lowest BCUT2D eigenvalue weighted by Crippen LogP contribution is -2.58. The van der Waals surface area contributed by atoms with Gasteiger partial charge in [-0.3, -0.25) is 0 Å². The summed E-state index contributed by atoms with van der Waals surface area (Å²) in [5.41, 5.74) is 8.22. The van der Waals surface area contributed by atoms with Crippen molar-refractivity contribution in [2.75, 3.05) is 6.61 Å². The van der Waals surface area contributed by atoms with Crippen LogP contribution in [0, 0.1) is 0 Å². The van der Waals surface area contributed by atoms with Crippen molar-refractivity contribution in [2.24, 2.45) is 16.5 Å². The lowest BCUT2D eigenvalue weighted by atomic mass is 9.92. The van der Waals surface area contributed by atoms with Gasteiger partial charge < -0.3 is 21.5 Å². The summed E-state index contributed by atoms with van der Waals surface area (Å²) in [6.45, 7) is 0.387. The van der Waals surface area contributed by atoms with Crippen LogP contribution in [0.1, 0.15) is 12.8 Å². The summed E-state index contributed by atoms with van der Waals surface area (Å²) in [6.07, 6.45) is -3.52. The van der Waals surface area contributed by atoms with Crippen LogP contribution in [0.4, 0.5) is 13.2 Å². The number of nitrogens with zero attached hydrogens (tertiary/aromatic N) is 1. The van der Waals surface area contributed by atoms with Crippen LogP contribution in [0.3, 0.4) is 0 Å². The molecular formula is C9H13F3N4O. The molecule has 2 aliphatic rings. The van der Waals surface area contributed by atoms with E-state index in [1.165, 1.54) is 0 Å². The second-order valence-electron chi connectivity index (χ2n) is 4.02. The third kappa shape index (κ3) is 2.09. The average molecular weight is 250 g/mol. The quantitative estimate of drug-likeness (QED) is 0.620. The molecule has 2 atom stereocenters. The van der Waals surface area contributed by atoms with Crippen LogP contribution in [0.15, 0.2) is 16.8 Å². The van der Waals surface area contributed by atoms with Crippen LogP contribution < -0.4 is 16.8 Å². The minimum atomic E-state index is -4.57. The van der Waals surface area contributed by atoms with E-state index in [4.69, 9.17) is 16.2 Å². The Morgan fingerprint density at radius 1 is 1.53 bits per heavy atom. The molecule has 1 saturated heterocycles. The molecule has 0 saturated carbocycles. The first kappa shape index (κ1) is 12.2. The van der Waals surface area contributed by atoms with Crippen LogP contribution in [0.5, 0.6) is 0 Å². The zero-order valence-electron chi connectivity index (χ0n) is 8.92. The van der Waals surface area contributed by atoms with Crippen LogP contribution in [0.2, 0.25) is 0 Å². The second kappa shape index (κ2) is 3.88. The highest BCUT2D eigenvalue weighted by Crippen LogP contribution is 2.39. The molecule has 0 aromatic heterocycles. The number of rotatable bonds is 1. The van der Waals surface area contributed by atoms with Crippen molar-refractivity contribution in [3.63, 3.8) is 0 Å². The SMILES string of the molecule is NC1=NC(N)(C2CCCO2)C(C(F)(F)F)=CN1. The van der Waals surface area contributed by atoms with Crippen LogP contribution >= 0.6 is 0 Å². The summed E-state index contributed by atoms with van der Waals surface area (Å²) in [5, 5.41) is 2.23. The van der Waals surface area contributed by atoms with Gasteiger partial charge in [0, 0.05) is 12.8 Å². The predicted molar refractivity (Wildman–Crippen MR) is 54.8 cm³/mol. The van der Waals surface area contributed by atoms with E-state index in [0.29, 0.717) is 19.4 Å². The Hall–Kier alpha value is -1.28. The lowest BCUT2D eigenvalue weighted by Gasteiger charge is -2.36. The van der Waals surface area contributed by atoms with Gasteiger partial charge >= 0.3 is 6.18 Å². The highest BCUT2D eigenvalue weighted by molar-refractivity contribution is 5.81. The second-order valence-corrected chi connectivity index (χ2v) is 4.02. The highest BCUT2D eigenvalue weighted by Gasteiger charge is 2.53. The number of nitrogens with two attached hydrogens (primary N) is 2. The number of aliphatic imine (C=N–C) groups is 1. The number of guanidine groups is 1. The molecule has 0 bridgehead atoms. The molecule has 2 rings (SSSR count). The number of alkyl halides is 3. The van der Waals surface area contributed by atoms with Crippen LogP contribution in [-0.2, 0) is 4.74 Å². The summed E-state index contributed by atoms with van der Waals surface area (Å²) in [4.78, 5) is 3.69. The van der Waals surface area contributed by atoms with E-state index in [2.05, 4.69) is 10.3 Å². The molecule has 0 radical (unpaired) electrons. The Morgan fingerprint density at radius 3 is 2.76 bits per heavy atom. The van der Waals surface area contributed by atoms with Crippen molar-refractivity contribution in [1.29, 1.82) is 0 Å². The van der Waals surface area contributed by atoms with E-state index in [0.717, 1.165) is 6.20 Å². The van der Waals surface area contributed by atoms with Crippen LogP contribution in [-0.4, -0.2) is 30.5 Å². The standard InChI is InChI=1S/C9H13F3N4O/c10-9(11,12)5-4-15-7(13)16-8(5,14)6-2-1-3-17-6/h4,6H,1-3,14H2,(H3,13,15,16). The minimum Gasteiger partial charge on any atom is -0.374 e. The Labute approximate surface area is 95.7 Å². The number of halogens is 3. The summed E-state index contributed by atoms with van der Waals surface area (Å²) >= 11 is 0. The first-order valence-electron chi connectivity index (χ1n) is 5.14. The van der Waals surface area contributed by atoms with Gasteiger partial charge in [0.2, 0.25) is 0 Å². The van der Waals surface area contributed by atoms with Crippen molar-refractivity contribution >= 4 is 5.96 Å². The number of nitrogens with one attached hydrogen (secondary N) is 1. The normalized spacial score (nSPS) is 34.0. The summed E-state index contributed by atoms with van der Waals surface area (Å²) in [7, 11) is 0. The van der Waals surface area contributed by atoms with E-state index in [1.54, 1.807) is 0 Å². The first-order chi connectivity index (χ1) is 7.84. The summed E-state index contributed by atoms with van der Waals surface area (Å²) < 4.78 is 43.8. The molecule has 2 aliphatic heterocycles. The van der Waals surface area contributed by atoms with E-state index in [1.807, 2.05) is 0 Å². The Morgan fingerprint density at radius 2 is 2.24 bits per heavy atom. The molecule has 0 amide bonds. The van der Waals surface area contributed by atoms with Gasteiger partial charge in [-0.25, -0.2) is 4.99 Å². The predicted octanol–water partition coefficient (Wildman–Crippen LogP) is 0.184. The maximum atomic E-state index is 12.9. The van der Waals surface area contributed by atoms with Gasteiger partial charge in [0.1, 0.15) is 6.10 Å². The van der Waals surface area contributed by atoms with Crippen molar-refractivity contribution in [2.45, 2.75) is 30.8 Å². The molecule has 0 aromatic rings. The number of ether oxygens (including phenoxy) is 1. The number of hydrogen-bond donors (Lipinski definition) is 3. The molecule has 8 heteroatoms. The molecule has 5 nitrogen and oxygen atoms in total. The topological polar surface area (TPSA) is 85.7 Å². The van der Waals surface area contributed by atoms with E-state index in [-0.39, 0.29) is 5.96 Å². The summed E-state index contributed by atoms with van der Waals surface area (Å²) in [6, 6.07) is 0. The third-order valence-corrected chi connectivity index (χ3v) is 2.83. The molecule has 0 aliphatic carbocycles. The fourth-order valence-electron chi connectivity index (χ4n) is 2.03. The van der Waals surface area contributed by atoms with Crippen molar-refractivity contribution in [3.8, 4) is 0 Å². The fourth-order valence-corrected chi connectivity index (χ4v) is 2.03. The minimum absolute atomic E-state index is 0.143. The zero-order valence-corrected chi connectivity index (χ0v) is 8.92. The molecular weight excluding hydrogens is 237 g/mol. The van der Waals surface area contributed by atoms with Crippen molar-refractivity contribution < 1.29 is 17.9 Å². The molecule has 17 heavy (non-hydrogen) atoms. The molecule has 0 aromatic carbocycles. The van der Waals surface area contributed by atoms with Crippen molar-refractivity contribution in [1.82, 2.24) is 5.32 Å². The van der Waals surface area contributed by atoms with Gasteiger partial charge in [-0.1, -0.05) is 0 Å². The van der Waals surface area contributed by atoms with E-state index < -0.39 is 23.5 Å².